The van der Waals surface area contributed by atoms with Crippen molar-refractivity contribution in [2.75, 3.05) is 46.4 Å². The van der Waals surface area contributed by atoms with Gasteiger partial charge in [-0.25, -0.2) is 0 Å². The largest absolute Gasteiger partial charge is 0.465 e. The van der Waals surface area contributed by atoms with E-state index in [1.54, 1.807) is 7.05 Å². The zero-order valence-electron chi connectivity index (χ0n) is 15.2. The van der Waals surface area contributed by atoms with Crippen molar-refractivity contribution in [3.8, 4) is 0 Å². The summed E-state index contributed by atoms with van der Waals surface area (Å²) < 4.78 is 11.4. The van der Waals surface area contributed by atoms with Crippen LogP contribution in [0, 0.1) is 12.8 Å². The van der Waals surface area contributed by atoms with Crippen molar-refractivity contribution >= 4 is 29.9 Å². The van der Waals surface area contributed by atoms with Gasteiger partial charge in [0.2, 0.25) is 0 Å². The van der Waals surface area contributed by atoms with Crippen LogP contribution in [0.25, 0.3) is 0 Å². The molecular weight excluding hydrogens is 419 g/mol. The zero-order chi connectivity index (χ0) is 16.7. The molecule has 0 radical (unpaired) electrons. The Morgan fingerprint density at radius 1 is 1.21 bits per heavy atom. The number of hydrogen-bond donors (Lipinski definition) is 2. The van der Waals surface area contributed by atoms with E-state index in [9.17, 15) is 0 Å². The van der Waals surface area contributed by atoms with Crippen LogP contribution in [0.2, 0.25) is 0 Å². The minimum absolute atomic E-state index is 0. The lowest BCUT2D eigenvalue weighted by molar-refractivity contribution is 0.0124. The smallest absolute Gasteiger partial charge is 0.191 e. The van der Waals surface area contributed by atoms with Gasteiger partial charge in [0, 0.05) is 33.2 Å². The number of halogens is 1. The van der Waals surface area contributed by atoms with Crippen molar-refractivity contribution in [2.24, 2.45) is 10.9 Å². The predicted octanol–water partition coefficient (Wildman–Crippen LogP) is 2.40. The lowest BCUT2D eigenvalue weighted by Gasteiger charge is -2.33. The van der Waals surface area contributed by atoms with Crippen molar-refractivity contribution in [3.63, 3.8) is 0 Å². The molecule has 0 aliphatic carbocycles. The van der Waals surface area contributed by atoms with Crippen LogP contribution in [0.5, 0.6) is 0 Å². The van der Waals surface area contributed by atoms with Crippen molar-refractivity contribution in [2.45, 2.75) is 26.8 Å². The van der Waals surface area contributed by atoms with Crippen LogP contribution in [0.1, 0.15) is 31.4 Å². The highest BCUT2D eigenvalue weighted by atomic mass is 127. The van der Waals surface area contributed by atoms with Gasteiger partial charge in [-0.05, 0) is 25.0 Å². The van der Waals surface area contributed by atoms with Crippen molar-refractivity contribution in [3.05, 3.63) is 23.7 Å². The molecule has 6 nitrogen and oxygen atoms in total. The Labute approximate surface area is 162 Å². The van der Waals surface area contributed by atoms with Gasteiger partial charge in [-0.15, -0.1) is 24.0 Å². The van der Waals surface area contributed by atoms with Crippen molar-refractivity contribution in [1.82, 2.24) is 15.5 Å². The number of aliphatic imine (C=N–C) groups is 1. The molecule has 24 heavy (non-hydrogen) atoms. The van der Waals surface area contributed by atoms with Gasteiger partial charge < -0.3 is 19.8 Å². The summed E-state index contributed by atoms with van der Waals surface area (Å²) in [6.07, 6.45) is 0. The molecule has 1 saturated heterocycles. The molecule has 1 atom stereocenters. The molecule has 138 valence electrons. The predicted molar refractivity (Wildman–Crippen MR) is 108 cm³/mol. The molecule has 2 rings (SSSR count). The van der Waals surface area contributed by atoms with Crippen LogP contribution in [-0.4, -0.2) is 57.3 Å². The third kappa shape index (κ3) is 6.60. The van der Waals surface area contributed by atoms with Gasteiger partial charge in [-0.3, -0.25) is 9.89 Å². The second-order valence-corrected chi connectivity index (χ2v) is 6.34. The molecule has 7 heteroatoms. The number of ether oxygens (including phenoxy) is 1. The fraction of sp³-hybridized carbons (Fsp3) is 0.706. The van der Waals surface area contributed by atoms with E-state index in [1.165, 1.54) is 0 Å². The first kappa shape index (κ1) is 21.2. The van der Waals surface area contributed by atoms with E-state index in [4.69, 9.17) is 9.15 Å². The Morgan fingerprint density at radius 2 is 1.88 bits per heavy atom. The van der Waals surface area contributed by atoms with E-state index in [0.29, 0.717) is 5.92 Å². The molecular formula is C17H31IN4O2. The minimum atomic E-state index is 0. The maximum atomic E-state index is 5.88. The van der Waals surface area contributed by atoms with E-state index in [-0.39, 0.29) is 30.0 Å². The summed E-state index contributed by atoms with van der Waals surface area (Å²) in [6.45, 7) is 11.4. The molecule has 2 heterocycles. The molecule has 1 aliphatic rings. The number of rotatable bonds is 6. The summed E-state index contributed by atoms with van der Waals surface area (Å²) in [5.74, 6) is 3.35. The lowest BCUT2D eigenvalue weighted by Crippen LogP contribution is -2.46. The number of morpholine rings is 1. The van der Waals surface area contributed by atoms with E-state index in [2.05, 4.69) is 40.4 Å². The van der Waals surface area contributed by atoms with Gasteiger partial charge in [0.15, 0.2) is 5.96 Å². The molecule has 0 bridgehead atoms. The van der Waals surface area contributed by atoms with Gasteiger partial charge in [0.05, 0.1) is 19.3 Å². The number of nitrogens with one attached hydrogen (secondary N) is 2. The standard InChI is InChI=1S/C17H30N4O2.HI/c1-13(2)11-19-17(18-4)20-12-15(16-6-5-14(3)23-16)21-7-9-22-10-8-21;/h5-6,13,15H,7-12H2,1-4H3,(H2,18,19,20);1H. The normalized spacial score (nSPS) is 17.5. The molecule has 0 amide bonds. The molecule has 1 fully saturated rings. The summed E-state index contributed by atoms with van der Waals surface area (Å²) in [4.78, 5) is 6.70. The first-order valence-electron chi connectivity index (χ1n) is 8.42. The molecule has 1 aromatic heterocycles. The minimum Gasteiger partial charge on any atom is -0.465 e. The lowest BCUT2D eigenvalue weighted by atomic mass is 10.1. The Hall–Kier alpha value is -0.800. The second-order valence-electron chi connectivity index (χ2n) is 6.34. The van der Waals surface area contributed by atoms with Crippen molar-refractivity contribution in [1.29, 1.82) is 0 Å². The summed E-state index contributed by atoms with van der Waals surface area (Å²) in [7, 11) is 1.80. The van der Waals surface area contributed by atoms with Gasteiger partial charge in [0.1, 0.15) is 11.5 Å². The number of guanidine groups is 1. The average molecular weight is 450 g/mol. The molecule has 0 saturated carbocycles. The quantitative estimate of drug-likeness (QED) is 0.396. The summed E-state index contributed by atoms with van der Waals surface area (Å²) in [5, 5.41) is 6.78. The van der Waals surface area contributed by atoms with Crippen LogP contribution < -0.4 is 10.6 Å². The average Bonchev–Trinajstić information content (AvgIpc) is 2.97. The third-order valence-electron chi connectivity index (χ3n) is 3.94. The molecule has 1 aliphatic heterocycles. The summed E-state index contributed by atoms with van der Waals surface area (Å²) in [6, 6.07) is 4.28. The Balaban J connectivity index is 0.00000288. The van der Waals surface area contributed by atoms with Crippen LogP contribution in [0.15, 0.2) is 21.5 Å². The van der Waals surface area contributed by atoms with E-state index in [1.807, 2.05) is 13.0 Å². The number of furan rings is 1. The topological polar surface area (TPSA) is 62.0 Å². The Morgan fingerprint density at radius 3 is 2.42 bits per heavy atom. The fourth-order valence-electron chi connectivity index (χ4n) is 2.65. The highest BCUT2D eigenvalue weighted by Crippen LogP contribution is 2.23. The number of nitrogens with zero attached hydrogens (tertiary/aromatic N) is 2. The first-order chi connectivity index (χ1) is 11.1. The van der Waals surface area contributed by atoms with E-state index in [0.717, 1.165) is 56.9 Å². The maximum absolute atomic E-state index is 5.88. The van der Waals surface area contributed by atoms with Crippen LogP contribution in [-0.2, 0) is 4.74 Å². The Bertz CT molecular complexity index is 499. The highest BCUT2D eigenvalue weighted by molar-refractivity contribution is 14.0. The number of aryl methyl sites for hydroxylation is 1. The molecule has 1 aromatic rings. The Kier molecular flexibility index (Phi) is 9.68. The second kappa shape index (κ2) is 10.9. The summed E-state index contributed by atoms with van der Waals surface area (Å²) >= 11 is 0. The third-order valence-corrected chi connectivity index (χ3v) is 3.94. The monoisotopic (exact) mass is 450 g/mol. The zero-order valence-corrected chi connectivity index (χ0v) is 17.5. The van der Waals surface area contributed by atoms with E-state index >= 15 is 0 Å². The van der Waals surface area contributed by atoms with Gasteiger partial charge >= 0.3 is 0 Å². The van der Waals surface area contributed by atoms with Crippen LogP contribution >= 0.6 is 24.0 Å². The van der Waals surface area contributed by atoms with Gasteiger partial charge in [-0.2, -0.15) is 0 Å². The van der Waals surface area contributed by atoms with Crippen LogP contribution in [0.4, 0.5) is 0 Å². The molecule has 2 N–H and O–H groups in total. The van der Waals surface area contributed by atoms with E-state index < -0.39 is 0 Å². The molecule has 1 unspecified atom stereocenters. The molecule has 0 aromatic carbocycles. The van der Waals surface area contributed by atoms with Crippen molar-refractivity contribution < 1.29 is 9.15 Å². The summed E-state index contributed by atoms with van der Waals surface area (Å²) in [5.41, 5.74) is 0. The fourth-order valence-corrected chi connectivity index (χ4v) is 2.65. The van der Waals surface area contributed by atoms with Gasteiger partial charge in [0.25, 0.3) is 0 Å². The SMILES string of the molecule is CN=C(NCC(C)C)NCC(c1ccc(C)o1)N1CCOCC1.I. The molecule has 0 spiro atoms. The van der Waals surface area contributed by atoms with Crippen LogP contribution in [0.3, 0.4) is 0 Å². The highest BCUT2D eigenvalue weighted by Gasteiger charge is 2.25. The first-order valence-corrected chi connectivity index (χ1v) is 8.42. The van der Waals surface area contributed by atoms with Gasteiger partial charge in [-0.1, -0.05) is 13.8 Å². The maximum Gasteiger partial charge on any atom is 0.191 e. The number of hydrogen-bond acceptors (Lipinski definition) is 4.